The predicted molar refractivity (Wildman–Crippen MR) is 75.1 cm³/mol. The maximum Gasteiger partial charge on any atom is 0.226 e. The van der Waals surface area contributed by atoms with Crippen molar-refractivity contribution in [3.05, 3.63) is 29.3 Å². The number of hydrogen-bond acceptors (Lipinski definition) is 2. The summed E-state index contributed by atoms with van der Waals surface area (Å²) in [6.07, 6.45) is 2.52. The minimum Gasteiger partial charge on any atom is -0.317 e. The SMILES string of the molecule is CCC(=O)N(c1cccc(Cl)c1)C1CCNCC1. The summed E-state index contributed by atoms with van der Waals surface area (Å²) >= 11 is 6.03. The number of anilines is 1. The molecule has 18 heavy (non-hydrogen) atoms. The van der Waals surface area contributed by atoms with Gasteiger partial charge >= 0.3 is 0 Å². The Labute approximate surface area is 113 Å². The van der Waals surface area contributed by atoms with Gasteiger partial charge < -0.3 is 10.2 Å². The number of nitrogens with one attached hydrogen (secondary N) is 1. The predicted octanol–water partition coefficient (Wildman–Crippen LogP) is 2.84. The van der Waals surface area contributed by atoms with Gasteiger partial charge in [0.05, 0.1) is 0 Å². The molecule has 0 aromatic heterocycles. The van der Waals surface area contributed by atoms with E-state index in [4.69, 9.17) is 11.6 Å². The Balaban J connectivity index is 2.26. The number of carbonyl (C=O) groups is 1. The number of carbonyl (C=O) groups excluding carboxylic acids is 1. The standard InChI is InChI=1S/C14H19ClN2O/c1-2-14(18)17(12-6-8-16-9-7-12)13-5-3-4-11(15)10-13/h3-5,10,12,16H,2,6-9H2,1H3. The minimum atomic E-state index is 0.171. The Kier molecular flexibility index (Phi) is 4.61. The van der Waals surface area contributed by atoms with Gasteiger partial charge in [-0.3, -0.25) is 4.79 Å². The fourth-order valence-electron chi connectivity index (χ4n) is 2.42. The van der Waals surface area contributed by atoms with E-state index in [9.17, 15) is 4.79 Å². The Hall–Kier alpha value is -1.06. The van der Waals surface area contributed by atoms with Gasteiger partial charge in [0.2, 0.25) is 5.91 Å². The molecule has 0 spiro atoms. The van der Waals surface area contributed by atoms with Crippen LogP contribution in [0.3, 0.4) is 0 Å². The molecule has 1 aliphatic heterocycles. The molecular formula is C14H19ClN2O. The van der Waals surface area contributed by atoms with Crippen LogP contribution in [0.2, 0.25) is 5.02 Å². The van der Waals surface area contributed by atoms with E-state index in [-0.39, 0.29) is 11.9 Å². The van der Waals surface area contributed by atoms with Crippen molar-refractivity contribution in [2.24, 2.45) is 0 Å². The highest BCUT2D eigenvalue weighted by Crippen LogP contribution is 2.25. The fourth-order valence-corrected chi connectivity index (χ4v) is 2.60. The lowest BCUT2D eigenvalue weighted by Gasteiger charge is -2.34. The van der Waals surface area contributed by atoms with E-state index in [0.29, 0.717) is 11.4 Å². The minimum absolute atomic E-state index is 0.171. The molecule has 1 amide bonds. The molecule has 0 saturated carbocycles. The van der Waals surface area contributed by atoms with Gasteiger partial charge in [0, 0.05) is 23.2 Å². The van der Waals surface area contributed by atoms with E-state index in [0.717, 1.165) is 31.6 Å². The normalized spacial score (nSPS) is 16.6. The van der Waals surface area contributed by atoms with E-state index in [2.05, 4.69) is 5.32 Å². The third-order valence-corrected chi connectivity index (χ3v) is 3.57. The van der Waals surface area contributed by atoms with Crippen molar-refractivity contribution in [3.63, 3.8) is 0 Å². The lowest BCUT2D eigenvalue weighted by atomic mass is 10.0. The first kappa shape index (κ1) is 13.4. The maximum atomic E-state index is 12.2. The molecule has 0 bridgehead atoms. The first-order valence-corrected chi connectivity index (χ1v) is 6.88. The lowest BCUT2D eigenvalue weighted by Crippen LogP contribution is -2.46. The zero-order valence-corrected chi connectivity index (χ0v) is 11.4. The summed E-state index contributed by atoms with van der Waals surface area (Å²) in [7, 11) is 0. The molecule has 98 valence electrons. The fraction of sp³-hybridized carbons (Fsp3) is 0.500. The van der Waals surface area contributed by atoms with Crippen molar-refractivity contribution in [3.8, 4) is 0 Å². The smallest absolute Gasteiger partial charge is 0.226 e. The van der Waals surface area contributed by atoms with Gasteiger partial charge in [-0.05, 0) is 44.1 Å². The summed E-state index contributed by atoms with van der Waals surface area (Å²) in [6.45, 7) is 3.85. The Morgan fingerprint density at radius 1 is 1.44 bits per heavy atom. The van der Waals surface area contributed by atoms with E-state index >= 15 is 0 Å². The number of halogens is 1. The summed E-state index contributed by atoms with van der Waals surface area (Å²) in [6, 6.07) is 7.85. The second-order valence-corrected chi connectivity index (χ2v) is 5.01. The van der Waals surface area contributed by atoms with E-state index in [1.54, 1.807) is 0 Å². The van der Waals surface area contributed by atoms with E-state index < -0.39 is 0 Å². The molecule has 1 aliphatic rings. The first-order chi connectivity index (χ1) is 8.72. The van der Waals surface area contributed by atoms with Crippen LogP contribution < -0.4 is 10.2 Å². The first-order valence-electron chi connectivity index (χ1n) is 6.50. The third-order valence-electron chi connectivity index (χ3n) is 3.33. The zero-order valence-electron chi connectivity index (χ0n) is 10.7. The number of hydrogen-bond donors (Lipinski definition) is 1. The average Bonchev–Trinajstić information content (AvgIpc) is 2.40. The highest BCUT2D eigenvalue weighted by molar-refractivity contribution is 6.30. The van der Waals surface area contributed by atoms with Crippen molar-refractivity contribution >= 4 is 23.2 Å². The highest BCUT2D eigenvalue weighted by Gasteiger charge is 2.25. The van der Waals surface area contributed by atoms with E-state index in [1.165, 1.54) is 0 Å². The summed E-state index contributed by atoms with van der Waals surface area (Å²) in [5.41, 5.74) is 0.918. The second kappa shape index (κ2) is 6.21. The van der Waals surface area contributed by atoms with Gasteiger partial charge in [-0.1, -0.05) is 24.6 Å². The monoisotopic (exact) mass is 266 g/mol. The van der Waals surface area contributed by atoms with Gasteiger partial charge in [-0.15, -0.1) is 0 Å². The number of benzene rings is 1. The quantitative estimate of drug-likeness (QED) is 0.912. The molecule has 0 aliphatic carbocycles. The summed E-state index contributed by atoms with van der Waals surface area (Å²) in [5, 5.41) is 4.00. The Bertz CT molecular complexity index is 416. The van der Waals surface area contributed by atoms with Crippen LogP contribution >= 0.6 is 11.6 Å². The molecule has 0 atom stereocenters. The topological polar surface area (TPSA) is 32.3 Å². The molecule has 1 aromatic carbocycles. The van der Waals surface area contributed by atoms with Crippen LogP contribution in [0.4, 0.5) is 5.69 Å². The molecule has 0 unspecified atom stereocenters. The van der Waals surface area contributed by atoms with Crippen molar-refractivity contribution < 1.29 is 4.79 Å². The van der Waals surface area contributed by atoms with Gasteiger partial charge in [-0.2, -0.15) is 0 Å². The van der Waals surface area contributed by atoms with Gasteiger partial charge in [-0.25, -0.2) is 0 Å². The summed E-state index contributed by atoms with van der Waals surface area (Å²) in [5.74, 6) is 0.171. The van der Waals surface area contributed by atoms with Gasteiger partial charge in [0.15, 0.2) is 0 Å². The molecule has 1 heterocycles. The van der Waals surface area contributed by atoms with Crippen LogP contribution in [0.1, 0.15) is 26.2 Å². The molecule has 1 N–H and O–H groups in total. The number of nitrogens with zero attached hydrogens (tertiary/aromatic N) is 1. The van der Waals surface area contributed by atoms with Crippen LogP contribution in [0.5, 0.6) is 0 Å². The molecule has 2 rings (SSSR count). The zero-order chi connectivity index (χ0) is 13.0. The summed E-state index contributed by atoms with van der Waals surface area (Å²) < 4.78 is 0. The van der Waals surface area contributed by atoms with Crippen LogP contribution in [0, 0.1) is 0 Å². The average molecular weight is 267 g/mol. The van der Waals surface area contributed by atoms with Gasteiger partial charge in [0.25, 0.3) is 0 Å². The van der Waals surface area contributed by atoms with Crippen molar-refractivity contribution in [1.82, 2.24) is 5.32 Å². The van der Waals surface area contributed by atoms with Crippen LogP contribution in [0.25, 0.3) is 0 Å². The largest absolute Gasteiger partial charge is 0.317 e. The molecule has 3 nitrogen and oxygen atoms in total. The lowest BCUT2D eigenvalue weighted by molar-refractivity contribution is -0.118. The molecule has 0 radical (unpaired) electrons. The van der Waals surface area contributed by atoms with E-state index in [1.807, 2.05) is 36.1 Å². The Morgan fingerprint density at radius 2 is 2.17 bits per heavy atom. The molecule has 1 aromatic rings. The van der Waals surface area contributed by atoms with Crippen molar-refractivity contribution in [2.75, 3.05) is 18.0 Å². The third kappa shape index (κ3) is 3.03. The maximum absolute atomic E-state index is 12.2. The van der Waals surface area contributed by atoms with Crippen molar-refractivity contribution in [1.29, 1.82) is 0 Å². The molecule has 1 saturated heterocycles. The van der Waals surface area contributed by atoms with Gasteiger partial charge in [0.1, 0.15) is 0 Å². The van der Waals surface area contributed by atoms with Crippen LogP contribution in [-0.2, 0) is 4.79 Å². The number of amides is 1. The molecule has 4 heteroatoms. The molecule has 1 fully saturated rings. The number of rotatable bonds is 3. The Morgan fingerprint density at radius 3 is 2.78 bits per heavy atom. The van der Waals surface area contributed by atoms with Crippen LogP contribution in [-0.4, -0.2) is 25.0 Å². The highest BCUT2D eigenvalue weighted by atomic mass is 35.5. The number of piperidine rings is 1. The molecular weight excluding hydrogens is 248 g/mol. The second-order valence-electron chi connectivity index (χ2n) is 4.58. The van der Waals surface area contributed by atoms with Crippen LogP contribution in [0.15, 0.2) is 24.3 Å². The van der Waals surface area contributed by atoms with Crippen molar-refractivity contribution in [2.45, 2.75) is 32.2 Å². The summed E-state index contributed by atoms with van der Waals surface area (Å²) in [4.78, 5) is 14.1.